The van der Waals surface area contributed by atoms with Gasteiger partial charge in [0.1, 0.15) is 0 Å². The molecule has 2 aromatic carbocycles. The number of nitrogens with one attached hydrogen (secondary N) is 1. The van der Waals surface area contributed by atoms with Gasteiger partial charge in [-0.2, -0.15) is 4.31 Å². The van der Waals surface area contributed by atoms with Crippen molar-refractivity contribution in [3.05, 3.63) is 82.6 Å². The van der Waals surface area contributed by atoms with Gasteiger partial charge in [-0.3, -0.25) is 9.59 Å². The van der Waals surface area contributed by atoms with Crippen LogP contribution in [-0.4, -0.2) is 63.3 Å². The van der Waals surface area contributed by atoms with E-state index in [2.05, 4.69) is 11.9 Å². The lowest BCUT2D eigenvalue weighted by atomic mass is 10.1. The summed E-state index contributed by atoms with van der Waals surface area (Å²) < 4.78 is 38.8. The molecule has 0 aliphatic rings. The van der Waals surface area contributed by atoms with E-state index in [1.807, 2.05) is 36.6 Å². The van der Waals surface area contributed by atoms with Gasteiger partial charge in [0.25, 0.3) is 0 Å². The van der Waals surface area contributed by atoms with Gasteiger partial charge in [0.2, 0.25) is 21.8 Å². The van der Waals surface area contributed by atoms with Crippen LogP contribution in [-0.2, 0) is 32.6 Å². The van der Waals surface area contributed by atoms with Crippen LogP contribution in [0.4, 0.5) is 5.69 Å². The number of nitrogens with zero attached hydrogens (tertiary/aromatic N) is 2. The Morgan fingerprint density at radius 3 is 2.33 bits per heavy atom. The minimum Gasteiger partial charge on any atom is -0.493 e. The lowest BCUT2D eigenvalue weighted by molar-refractivity contribution is -0.131. The zero-order valence-corrected chi connectivity index (χ0v) is 24.8. The summed E-state index contributed by atoms with van der Waals surface area (Å²) >= 11 is 1.56. The van der Waals surface area contributed by atoms with Gasteiger partial charge >= 0.3 is 0 Å². The zero-order valence-electron chi connectivity index (χ0n) is 23.2. The van der Waals surface area contributed by atoms with Crippen LogP contribution in [0.25, 0.3) is 0 Å². The maximum absolute atomic E-state index is 13.7. The molecule has 0 aliphatic heterocycles. The fourth-order valence-corrected chi connectivity index (χ4v) is 6.32. The van der Waals surface area contributed by atoms with Crippen molar-refractivity contribution in [1.82, 2.24) is 9.21 Å². The molecule has 0 unspecified atom stereocenters. The van der Waals surface area contributed by atoms with Crippen LogP contribution in [0.2, 0.25) is 0 Å². The van der Waals surface area contributed by atoms with E-state index in [9.17, 15) is 18.0 Å². The standard InChI is InChI=1S/C29H35N3O6S2/c1-6-15-32(40(35,36)25-10-8-24(9-11-25)30-22(3)33)20-29(34)31(19-28-21(2)14-17-39-28)16-13-23-7-12-26(37-4)27(18-23)38-5/h6-12,14,17-18H,1,13,15-16,19-20H2,2-5H3,(H,30,33). The van der Waals surface area contributed by atoms with Crippen molar-refractivity contribution in [3.8, 4) is 11.5 Å². The average Bonchev–Trinajstić information content (AvgIpc) is 3.34. The highest BCUT2D eigenvalue weighted by molar-refractivity contribution is 7.89. The molecular weight excluding hydrogens is 550 g/mol. The number of amides is 2. The molecule has 1 heterocycles. The van der Waals surface area contributed by atoms with E-state index in [0.29, 0.717) is 36.7 Å². The van der Waals surface area contributed by atoms with Crippen LogP contribution in [0.15, 0.2) is 71.5 Å². The molecule has 0 saturated carbocycles. The Kier molecular flexibility index (Phi) is 10.9. The van der Waals surface area contributed by atoms with E-state index in [1.165, 1.54) is 37.3 Å². The molecule has 3 aromatic rings. The van der Waals surface area contributed by atoms with Crippen LogP contribution in [0.1, 0.15) is 22.9 Å². The second kappa shape index (κ2) is 14.1. The minimum atomic E-state index is -4.02. The van der Waals surface area contributed by atoms with Gasteiger partial charge in [0.15, 0.2) is 11.5 Å². The molecule has 0 saturated heterocycles. The first-order chi connectivity index (χ1) is 19.1. The van der Waals surface area contributed by atoms with Gasteiger partial charge < -0.3 is 19.7 Å². The number of rotatable bonds is 14. The fraction of sp³-hybridized carbons (Fsp3) is 0.310. The Labute approximate surface area is 240 Å². The number of carbonyl (C=O) groups excluding carboxylic acids is 2. The molecule has 0 fully saturated rings. The molecule has 214 valence electrons. The molecule has 0 spiro atoms. The first-order valence-corrected chi connectivity index (χ1v) is 14.9. The number of sulfonamides is 1. The summed E-state index contributed by atoms with van der Waals surface area (Å²) in [6.07, 6.45) is 1.99. The van der Waals surface area contributed by atoms with Gasteiger partial charge in [-0.25, -0.2) is 8.42 Å². The van der Waals surface area contributed by atoms with Crippen molar-refractivity contribution in [2.75, 3.05) is 39.2 Å². The summed E-state index contributed by atoms with van der Waals surface area (Å²) in [5.41, 5.74) is 2.50. The molecule has 0 aliphatic carbocycles. The summed E-state index contributed by atoms with van der Waals surface area (Å²) in [6.45, 7) is 7.40. The number of hydrogen-bond acceptors (Lipinski definition) is 7. The maximum Gasteiger partial charge on any atom is 0.243 e. The van der Waals surface area contributed by atoms with Crippen molar-refractivity contribution >= 4 is 38.9 Å². The highest BCUT2D eigenvalue weighted by Crippen LogP contribution is 2.28. The Morgan fingerprint density at radius 1 is 1.05 bits per heavy atom. The Hall–Kier alpha value is -3.67. The monoisotopic (exact) mass is 585 g/mol. The molecule has 1 N–H and O–H groups in total. The first-order valence-electron chi connectivity index (χ1n) is 12.6. The maximum atomic E-state index is 13.7. The molecule has 0 atom stereocenters. The Bertz CT molecular complexity index is 1430. The number of anilines is 1. The number of carbonyl (C=O) groups is 2. The third-order valence-corrected chi connectivity index (χ3v) is 9.06. The summed E-state index contributed by atoms with van der Waals surface area (Å²) in [5, 5.41) is 4.59. The molecule has 0 bridgehead atoms. The molecule has 40 heavy (non-hydrogen) atoms. The molecule has 9 nitrogen and oxygen atoms in total. The van der Waals surface area contributed by atoms with Crippen LogP contribution in [0, 0.1) is 6.92 Å². The number of hydrogen-bond donors (Lipinski definition) is 1. The quantitative estimate of drug-likeness (QED) is 0.280. The van der Waals surface area contributed by atoms with Crippen LogP contribution in [0.3, 0.4) is 0 Å². The number of benzene rings is 2. The zero-order chi connectivity index (χ0) is 29.3. The van der Waals surface area contributed by atoms with Gasteiger partial charge in [0, 0.05) is 30.6 Å². The van der Waals surface area contributed by atoms with Crippen molar-refractivity contribution in [3.63, 3.8) is 0 Å². The summed E-state index contributed by atoms with van der Waals surface area (Å²) in [7, 11) is -0.877. The average molecular weight is 586 g/mol. The highest BCUT2D eigenvalue weighted by atomic mass is 32.2. The van der Waals surface area contributed by atoms with Crippen molar-refractivity contribution in [2.24, 2.45) is 0 Å². The first kappa shape index (κ1) is 30.9. The van der Waals surface area contributed by atoms with E-state index in [-0.39, 0.29) is 29.8 Å². The third-order valence-electron chi connectivity index (χ3n) is 6.23. The van der Waals surface area contributed by atoms with E-state index in [4.69, 9.17) is 9.47 Å². The van der Waals surface area contributed by atoms with Crippen LogP contribution < -0.4 is 14.8 Å². The molecule has 0 radical (unpaired) electrons. The predicted octanol–water partition coefficient (Wildman–Crippen LogP) is 4.48. The molecular formula is C29H35N3O6S2. The van der Waals surface area contributed by atoms with Gasteiger partial charge in [-0.1, -0.05) is 12.1 Å². The number of methoxy groups -OCH3 is 2. The third kappa shape index (κ3) is 7.93. The number of thiophene rings is 1. The lowest BCUT2D eigenvalue weighted by Gasteiger charge is -2.27. The van der Waals surface area contributed by atoms with Crippen LogP contribution in [0.5, 0.6) is 11.5 Å². The summed E-state index contributed by atoms with van der Waals surface area (Å²) in [4.78, 5) is 27.7. The van der Waals surface area contributed by atoms with E-state index < -0.39 is 10.0 Å². The second-order valence-corrected chi connectivity index (χ2v) is 12.0. The lowest BCUT2D eigenvalue weighted by Crippen LogP contribution is -2.43. The van der Waals surface area contributed by atoms with E-state index >= 15 is 0 Å². The molecule has 1 aromatic heterocycles. The topological polar surface area (TPSA) is 105 Å². The van der Waals surface area contributed by atoms with E-state index in [1.54, 1.807) is 30.5 Å². The largest absolute Gasteiger partial charge is 0.493 e. The van der Waals surface area contributed by atoms with E-state index in [0.717, 1.165) is 20.3 Å². The number of aryl methyl sites for hydroxylation is 1. The molecule has 2 amide bonds. The Morgan fingerprint density at radius 2 is 1.75 bits per heavy atom. The van der Waals surface area contributed by atoms with Crippen molar-refractivity contribution < 1.29 is 27.5 Å². The SMILES string of the molecule is C=CCN(CC(=O)N(CCc1ccc(OC)c(OC)c1)Cc1sccc1C)S(=O)(=O)c1ccc(NC(C)=O)cc1. The smallest absolute Gasteiger partial charge is 0.243 e. The van der Waals surface area contributed by atoms with Crippen molar-refractivity contribution in [1.29, 1.82) is 0 Å². The van der Waals surface area contributed by atoms with Gasteiger partial charge in [-0.05, 0) is 72.3 Å². The predicted molar refractivity (Wildman–Crippen MR) is 157 cm³/mol. The highest BCUT2D eigenvalue weighted by Gasteiger charge is 2.28. The molecule has 3 rings (SSSR count). The van der Waals surface area contributed by atoms with Gasteiger partial charge in [0.05, 0.1) is 32.2 Å². The summed E-state index contributed by atoms with van der Waals surface area (Å²) in [6, 6.07) is 13.4. The Balaban J connectivity index is 1.83. The fourth-order valence-electron chi connectivity index (χ4n) is 4.04. The number of ether oxygens (including phenoxy) is 2. The van der Waals surface area contributed by atoms with Crippen molar-refractivity contribution in [2.45, 2.75) is 31.7 Å². The van der Waals surface area contributed by atoms with Crippen LogP contribution >= 0.6 is 11.3 Å². The minimum absolute atomic E-state index is 0.0160. The second-order valence-electron chi connectivity index (χ2n) is 9.07. The molecule has 11 heteroatoms. The summed E-state index contributed by atoms with van der Waals surface area (Å²) in [5.74, 6) is 0.626. The normalized spacial score (nSPS) is 11.2. The van der Waals surface area contributed by atoms with Gasteiger partial charge in [-0.15, -0.1) is 17.9 Å².